The van der Waals surface area contributed by atoms with E-state index in [4.69, 9.17) is 11.6 Å². The largest absolute Gasteiger partial charge is 0.325 e. The molecule has 1 aliphatic rings. The van der Waals surface area contributed by atoms with Gasteiger partial charge in [-0.05, 0) is 29.7 Å². The third kappa shape index (κ3) is 4.50. The molecular weight excluding hydrogens is 386 g/mol. The summed E-state index contributed by atoms with van der Waals surface area (Å²) in [5.41, 5.74) is 2.47. The Kier molecular flexibility index (Phi) is 6.16. The highest BCUT2D eigenvalue weighted by molar-refractivity contribution is 7.87. The van der Waals surface area contributed by atoms with Gasteiger partial charge in [0.15, 0.2) is 0 Å². The fourth-order valence-electron chi connectivity index (χ4n) is 3.06. The van der Waals surface area contributed by atoms with Crippen LogP contribution in [-0.4, -0.2) is 42.6 Å². The number of hydrogen-bond donors (Lipinski definition) is 1. The van der Waals surface area contributed by atoms with Gasteiger partial charge in [0.2, 0.25) is 5.91 Å². The van der Waals surface area contributed by atoms with Gasteiger partial charge in [0.25, 0.3) is 10.2 Å². The first kappa shape index (κ1) is 19.8. The van der Waals surface area contributed by atoms with Crippen LogP contribution < -0.4 is 5.32 Å². The van der Waals surface area contributed by atoms with Crippen LogP contribution in [0.2, 0.25) is 5.02 Å². The lowest BCUT2D eigenvalue weighted by molar-refractivity contribution is -0.116. The molecule has 27 heavy (non-hydrogen) atoms. The molecule has 0 radical (unpaired) electrons. The van der Waals surface area contributed by atoms with E-state index in [0.717, 1.165) is 23.2 Å². The van der Waals surface area contributed by atoms with Crippen molar-refractivity contribution in [1.82, 2.24) is 8.61 Å². The molecule has 1 aliphatic heterocycles. The molecule has 1 saturated heterocycles. The first-order valence-corrected chi connectivity index (χ1v) is 10.6. The van der Waals surface area contributed by atoms with Gasteiger partial charge in [-0.15, -0.1) is 0 Å². The average molecular weight is 408 g/mol. The van der Waals surface area contributed by atoms with Crippen molar-refractivity contribution < 1.29 is 13.2 Å². The number of amides is 1. The second kappa shape index (κ2) is 8.39. The molecule has 0 unspecified atom stereocenters. The van der Waals surface area contributed by atoms with E-state index in [-0.39, 0.29) is 25.5 Å². The number of hydrogen-bond acceptors (Lipinski definition) is 3. The molecule has 0 aromatic heterocycles. The Morgan fingerprint density at radius 1 is 1.04 bits per heavy atom. The van der Waals surface area contributed by atoms with Gasteiger partial charge in [-0.1, -0.05) is 54.9 Å². The summed E-state index contributed by atoms with van der Waals surface area (Å²) in [6.07, 6.45) is 0.782. The van der Waals surface area contributed by atoms with Gasteiger partial charge in [0.1, 0.15) is 0 Å². The summed E-state index contributed by atoms with van der Waals surface area (Å²) in [5, 5.41) is 3.34. The first-order chi connectivity index (χ1) is 12.9. The zero-order valence-corrected chi connectivity index (χ0v) is 16.6. The average Bonchev–Trinajstić information content (AvgIpc) is 2.91. The minimum atomic E-state index is -3.70. The van der Waals surface area contributed by atoms with E-state index in [1.807, 2.05) is 37.3 Å². The third-order valence-electron chi connectivity index (χ3n) is 4.55. The van der Waals surface area contributed by atoms with Crippen LogP contribution in [-0.2, 0) is 28.0 Å². The van der Waals surface area contributed by atoms with Crippen molar-refractivity contribution in [2.45, 2.75) is 19.9 Å². The van der Waals surface area contributed by atoms with Gasteiger partial charge < -0.3 is 5.32 Å². The molecule has 6 nitrogen and oxygen atoms in total. The Morgan fingerprint density at radius 2 is 1.67 bits per heavy atom. The minimum Gasteiger partial charge on any atom is -0.325 e. The SMILES string of the molecule is CCc1ccccc1NC(=O)CN1CCN(Cc2ccccc2Cl)S1(=O)=O. The molecule has 1 amide bonds. The van der Waals surface area contributed by atoms with Gasteiger partial charge in [0.05, 0.1) is 6.54 Å². The van der Waals surface area contributed by atoms with E-state index < -0.39 is 10.2 Å². The van der Waals surface area contributed by atoms with Crippen LogP contribution in [0.3, 0.4) is 0 Å². The van der Waals surface area contributed by atoms with E-state index in [0.29, 0.717) is 11.6 Å². The predicted octanol–water partition coefficient (Wildman–Crippen LogP) is 2.90. The maximum Gasteiger partial charge on any atom is 0.282 e. The Morgan fingerprint density at radius 3 is 2.37 bits per heavy atom. The molecule has 2 aromatic rings. The Hall–Kier alpha value is -1.93. The second-order valence-electron chi connectivity index (χ2n) is 6.33. The summed E-state index contributed by atoms with van der Waals surface area (Å²) in [5.74, 6) is -0.348. The van der Waals surface area contributed by atoms with Crippen molar-refractivity contribution in [3.63, 3.8) is 0 Å². The fraction of sp³-hybridized carbons (Fsp3) is 0.316. The number of para-hydroxylation sites is 1. The maximum absolute atomic E-state index is 12.7. The number of benzene rings is 2. The number of halogens is 1. The minimum absolute atomic E-state index is 0.193. The van der Waals surface area contributed by atoms with Crippen molar-refractivity contribution in [2.75, 3.05) is 25.0 Å². The number of carbonyl (C=O) groups is 1. The normalized spacial score (nSPS) is 17.1. The summed E-state index contributed by atoms with van der Waals surface area (Å²) >= 11 is 6.14. The number of aryl methyl sites for hydroxylation is 1. The van der Waals surface area contributed by atoms with E-state index in [2.05, 4.69) is 5.32 Å². The van der Waals surface area contributed by atoms with Crippen molar-refractivity contribution in [3.8, 4) is 0 Å². The smallest absolute Gasteiger partial charge is 0.282 e. The Bertz CT molecular complexity index is 933. The molecule has 2 aromatic carbocycles. The molecule has 8 heteroatoms. The molecular formula is C19H22ClN3O3S. The van der Waals surface area contributed by atoms with E-state index >= 15 is 0 Å². The summed E-state index contributed by atoms with van der Waals surface area (Å²) < 4.78 is 28.0. The van der Waals surface area contributed by atoms with Gasteiger partial charge in [0, 0.05) is 30.3 Å². The molecule has 3 rings (SSSR count). The number of anilines is 1. The van der Waals surface area contributed by atoms with Crippen LogP contribution in [0.15, 0.2) is 48.5 Å². The Labute approximate surface area is 164 Å². The summed E-state index contributed by atoms with van der Waals surface area (Å²) in [6, 6.07) is 14.7. The molecule has 1 N–H and O–H groups in total. The molecule has 1 heterocycles. The van der Waals surface area contributed by atoms with Crippen LogP contribution in [0, 0.1) is 0 Å². The van der Waals surface area contributed by atoms with Crippen LogP contribution >= 0.6 is 11.6 Å². The predicted molar refractivity (Wildman–Crippen MR) is 107 cm³/mol. The summed E-state index contributed by atoms with van der Waals surface area (Å²) in [7, 11) is -3.70. The topological polar surface area (TPSA) is 69.7 Å². The van der Waals surface area contributed by atoms with Crippen molar-refractivity contribution >= 4 is 33.4 Å². The lowest BCUT2D eigenvalue weighted by Crippen LogP contribution is -2.38. The van der Waals surface area contributed by atoms with Crippen LogP contribution in [0.5, 0.6) is 0 Å². The molecule has 0 saturated carbocycles. The van der Waals surface area contributed by atoms with Gasteiger partial charge in [-0.2, -0.15) is 17.0 Å². The van der Waals surface area contributed by atoms with Gasteiger partial charge >= 0.3 is 0 Å². The third-order valence-corrected chi connectivity index (χ3v) is 6.85. The number of nitrogens with zero attached hydrogens (tertiary/aromatic N) is 2. The quantitative estimate of drug-likeness (QED) is 0.800. The number of carbonyl (C=O) groups excluding carboxylic acids is 1. The lowest BCUT2D eigenvalue weighted by Gasteiger charge is -2.19. The maximum atomic E-state index is 12.7. The summed E-state index contributed by atoms with van der Waals surface area (Å²) in [6.45, 7) is 2.59. The molecule has 0 aliphatic carbocycles. The monoisotopic (exact) mass is 407 g/mol. The van der Waals surface area contributed by atoms with Crippen LogP contribution in [0.1, 0.15) is 18.1 Å². The van der Waals surface area contributed by atoms with E-state index in [9.17, 15) is 13.2 Å². The molecule has 0 spiro atoms. The van der Waals surface area contributed by atoms with Crippen LogP contribution in [0.25, 0.3) is 0 Å². The highest BCUT2D eigenvalue weighted by atomic mass is 35.5. The second-order valence-corrected chi connectivity index (χ2v) is 8.66. The zero-order chi connectivity index (χ0) is 19.4. The van der Waals surface area contributed by atoms with Crippen molar-refractivity contribution in [1.29, 1.82) is 0 Å². The fourth-order valence-corrected chi connectivity index (χ4v) is 4.78. The standard InChI is InChI=1S/C19H22ClN3O3S/c1-2-15-7-4-6-10-18(15)21-19(24)14-23-12-11-22(27(23,25)26)13-16-8-3-5-9-17(16)20/h3-10H,2,11-14H2,1H3,(H,21,24). The van der Waals surface area contributed by atoms with Crippen LogP contribution in [0.4, 0.5) is 5.69 Å². The highest BCUT2D eigenvalue weighted by Crippen LogP contribution is 2.23. The van der Waals surface area contributed by atoms with Gasteiger partial charge in [-0.25, -0.2) is 0 Å². The molecule has 0 atom stereocenters. The molecule has 0 bridgehead atoms. The molecule has 1 fully saturated rings. The number of nitrogens with one attached hydrogen (secondary N) is 1. The van der Waals surface area contributed by atoms with E-state index in [1.54, 1.807) is 18.2 Å². The highest BCUT2D eigenvalue weighted by Gasteiger charge is 2.37. The van der Waals surface area contributed by atoms with Crippen molar-refractivity contribution in [3.05, 3.63) is 64.7 Å². The molecule has 144 valence electrons. The lowest BCUT2D eigenvalue weighted by atomic mass is 10.1. The Balaban J connectivity index is 1.66. The van der Waals surface area contributed by atoms with Gasteiger partial charge in [-0.3, -0.25) is 4.79 Å². The van der Waals surface area contributed by atoms with Crippen molar-refractivity contribution in [2.24, 2.45) is 0 Å². The first-order valence-electron chi connectivity index (χ1n) is 8.78. The number of rotatable bonds is 6. The zero-order valence-electron chi connectivity index (χ0n) is 15.1. The van der Waals surface area contributed by atoms with E-state index in [1.165, 1.54) is 8.61 Å². The summed E-state index contributed by atoms with van der Waals surface area (Å²) in [4.78, 5) is 12.4.